The average Bonchev–Trinajstić information content (AvgIpc) is 2.98. The number of pyridine rings is 2. The van der Waals surface area contributed by atoms with E-state index >= 15 is 0 Å². The fourth-order valence-corrected chi connectivity index (χ4v) is 6.46. The van der Waals surface area contributed by atoms with Crippen LogP contribution in [0, 0.1) is 0 Å². The summed E-state index contributed by atoms with van der Waals surface area (Å²) in [4.78, 5) is 9.35. The van der Waals surface area contributed by atoms with Crippen LogP contribution in [0.15, 0.2) is 121 Å². The van der Waals surface area contributed by atoms with Crippen LogP contribution in [0.5, 0.6) is 11.5 Å². The number of phenolic OH excluding ortho intramolecular Hbond substituents is 2. The van der Waals surface area contributed by atoms with E-state index in [-0.39, 0.29) is 31.0 Å². The Balaban J connectivity index is 0.000000150. The number of benzene rings is 4. The maximum Gasteiger partial charge on any atom is 0.141 e. The quantitative estimate of drug-likeness (QED) is 0.194. The van der Waals surface area contributed by atoms with Crippen LogP contribution in [0.2, 0.25) is 0 Å². The Morgan fingerprint density at radius 2 is 0.814 bits per heavy atom. The third kappa shape index (κ3) is 6.05. The van der Waals surface area contributed by atoms with Gasteiger partial charge in [0.2, 0.25) is 0 Å². The summed E-state index contributed by atoms with van der Waals surface area (Å²) >= 11 is 0. The molecule has 6 aromatic rings. The first-order valence-electron chi connectivity index (χ1n) is 14.9. The maximum atomic E-state index is 9.94. The standard InChI is InChI=1S/2C19H17NO.Zn/c2*21-18-8-4-7-14-9-10-17(20-19(14)18)16-11-15(12-16)13-5-2-1-3-6-13;/h2*1-10,15-16,21H,11-12H2;. The fourth-order valence-electron chi connectivity index (χ4n) is 6.46. The van der Waals surface area contributed by atoms with E-state index in [1.54, 1.807) is 12.1 Å². The number of fused-ring (bicyclic) bond motifs is 2. The molecule has 0 unspecified atom stereocenters. The molecular weight excluding hydrogens is 582 g/mol. The van der Waals surface area contributed by atoms with Gasteiger partial charge in [0.25, 0.3) is 0 Å². The van der Waals surface area contributed by atoms with Crippen molar-refractivity contribution in [2.45, 2.75) is 49.4 Å². The zero-order valence-electron chi connectivity index (χ0n) is 24.2. The van der Waals surface area contributed by atoms with E-state index in [0.29, 0.717) is 23.7 Å². The summed E-state index contributed by atoms with van der Waals surface area (Å²) in [5.41, 5.74) is 6.51. The second kappa shape index (κ2) is 12.7. The van der Waals surface area contributed by atoms with Crippen LogP contribution >= 0.6 is 0 Å². The molecule has 5 heteroatoms. The third-order valence-corrected chi connectivity index (χ3v) is 9.10. The van der Waals surface area contributed by atoms with Gasteiger partial charge in [-0.05, 0) is 72.9 Å². The van der Waals surface area contributed by atoms with Crippen molar-refractivity contribution in [3.63, 3.8) is 0 Å². The van der Waals surface area contributed by atoms with Crippen molar-refractivity contribution < 1.29 is 29.7 Å². The molecule has 210 valence electrons. The zero-order chi connectivity index (χ0) is 28.5. The van der Waals surface area contributed by atoms with Gasteiger partial charge in [0.15, 0.2) is 0 Å². The SMILES string of the molecule is Oc1cccc2ccc(C3CC(c4ccccc4)C3)nc12.Oc1cccc2ccc(C3CC(c4ccccc4)C3)nc12.[Zn]. The number of hydrogen-bond acceptors (Lipinski definition) is 4. The fraction of sp³-hybridized carbons (Fsp3) is 0.211. The second-order valence-corrected chi connectivity index (χ2v) is 11.7. The summed E-state index contributed by atoms with van der Waals surface area (Å²) < 4.78 is 0. The van der Waals surface area contributed by atoms with E-state index in [2.05, 4.69) is 94.9 Å². The molecule has 0 radical (unpaired) electrons. The van der Waals surface area contributed by atoms with Crippen LogP contribution in [-0.4, -0.2) is 20.2 Å². The van der Waals surface area contributed by atoms with Crippen molar-refractivity contribution in [2.75, 3.05) is 0 Å². The predicted molar refractivity (Wildman–Crippen MR) is 169 cm³/mol. The van der Waals surface area contributed by atoms with Crippen LogP contribution in [0.25, 0.3) is 21.8 Å². The predicted octanol–water partition coefficient (Wildman–Crippen LogP) is 9.20. The summed E-state index contributed by atoms with van der Waals surface area (Å²) in [5.74, 6) is 2.87. The van der Waals surface area contributed by atoms with Gasteiger partial charge in [-0.1, -0.05) is 97.1 Å². The van der Waals surface area contributed by atoms with Gasteiger partial charge in [-0.15, -0.1) is 0 Å². The molecule has 0 saturated heterocycles. The molecule has 8 rings (SSSR count). The third-order valence-electron chi connectivity index (χ3n) is 9.10. The van der Waals surface area contributed by atoms with E-state index in [0.717, 1.165) is 58.9 Å². The van der Waals surface area contributed by atoms with Crippen LogP contribution in [0.3, 0.4) is 0 Å². The van der Waals surface area contributed by atoms with Gasteiger partial charge < -0.3 is 10.2 Å². The minimum Gasteiger partial charge on any atom is -0.506 e. The molecule has 4 nitrogen and oxygen atoms in total. The molecule has 2 aromatic heterocycles. The number of para-hydroxylation sites is 2. The topological polar surface area (TPSA) is 66.2 Å². The van der Waals surface area contributed by atoms with Crippen molar-refractivity contribution in [1.29, 1.82) is 0 Å². The van der Waals surface area contributed by atoms with E-state index in [4.69, 9.17) is 0 Å². The normalized spacial score (nSPS) is 20.7. The summed E-state index contributed by atoms with van der Waals surface area (Å²) in [5, 5.41) is 21.9. The number of aromatic nitrogens is 2. The van der Waals surface area contributed by atoms with Crippen LogP contribution in [0.4, 0.5) is 0 Å². The van der Waals surface area contributed by atoms with Gasteiger partial charge in [0, 0.05) is 53.5 Å². The second-order valence-electron chi connectivity index (χ2n) is 11.7. The van der Waals surface area contributed by atoms with Gasteiger partial charge in [-0.2, -0.15) is 0 Å². The van der Waals surface area contributed by atoms with Crippen LogP contribution in [0.1, 0.15) is 71.9 Å². The summed E-state index contributed by atoms with van der Waals surface area (Å²) in [6.45, 7) is 0. The Morgan fingerprint density at radius 1 is 0.419 bits per heavy atom. The maximum absolute atomic E-state index is 9.94. The Hall–Kier alpha value is -4.08. The first-order valence-corrected chi connectivity index (χ1v) is 14.9. The minimum absolute atomic E-state index is 0. The summed E-state index contributed by atoms with van der Waals surface area (Å²) in [6.07, 6.45) is 4.60. The zero-order valence-corrected chi connectivity index (χ0v) is 27.1. The smallest absolute Gasteiger partial charge is 0.141 e. The van der Waals surface area contributed by atoms with E-state index in [9.17, 15) is 10.2 Å². The molecule has 43 heavy (non-hydrogen) atoms. The molecule has 2 N–H and O–H groups in total. The number of nitrogens with zero attached hydrogens (tertiary/aromatic N) is 2. The number of hydrogen-bond donors (Lipinski definition) is 2. The Kier molecular flexibility index (Phi) is 8.54. The minimum atomic E-state index is 0. The molecule has 2 aliphatic carbocycles. The van der Waals surface area contributed by atoms with E-state index < -0.39 is 0 Å². The molecule has 2 saturated carbocycles. The molecule has 2 fully saturated rings. The molecule has 2 aliphatic rings. The average molecular weight is 616 g/mol. The van der Waals surface area contributed by atoms with Gasteiger partial charge in [-0.3, -0.25) is 0 Å². The molecule has 0 spiro atoms. The molecule has 0 atom stereocenters. The van der Waals surface area contributed by atoms with E-state index in [1.165, 1.54) is 11.1 Å². The van der Waals surface area contributed by atoms with Gasteiger partial charge in [-0.25, -0.2) is 9.97 Å². The summed E-state index contributed by atoms with van der Waals surface area (Å²) in [6, 6.07) is 40.8. The first kappa shape index (κ1) is 29.0. The molecular formula is C38H34N2O2Zn. The van der Waals surface area contributed by atoms with E-state index in [1.807, 2.05) is 24.3 Å². The molecule has 4 aromatic carbocycles. The first-order chi connectivity index (χ1) is 20.6. The van der Waals surface area contributed by atoms with Gasteiger partial charge in [0.1, 0.15) is 22.5 Å². The Morgan fingerprint density at radius 3 is 1.21 bits per heavy atom. The molecule has 0 amide bonds. The largest absolute Gasteiger partial charge is 0.506 e. The molecule has 0 bridgehead atoms. The van der Waals surface area contributed by atoms with Crippen molar-refractivity contribution in [2.24, 2.45) is 0 Å². The summed E-state index contributed by atoms with van der Waals surface area (Å²) in [7, 11) is 0. The van der Waals surface area contributed by atoms with Crippen LogP contribution < -0.4 is 0 Å². The Labute approximate surface area is 265 Å². The van der Waals surface area contributed by atoms with Gasteiger partial charge in [0.05, 0.1) is 0 Å². The number of rotatable bonds is 4. The van der Waals surface area contributed by atoms with Gasteiger partial charge >= 0.3 is 0 Å². The van der Waals surface area contributed by atoms with Crippen molar-refractivity contribution in [3.05, 3.63) is 144 Å². The number of phenols is 2. The van der Waals surface area contributed by atoms with Crippen LogP contribution in [-0.2, 0) is 19.5 Å². The molecule has 2 heterocycles. The van der Waals surface area contributed by atoms with Crippen molar-refractivity contribution in [3.8, 4) is 11.5 Å². The van der Waals surface area contributed by atoms with Crippen molar-refractivity contribution >= 4 is 21.8 Å². The number of aromatic hydroxyl groups is 2. The Bertz CT molecular complexity index is 1700. The van der Waals surface area contributed by atoms with Crippen molar-refractivity contribution in [1.82, 2.24) is 9.97 Å². The monoisotopic (exact) mass is 614 g/mol. The molecule has 0 aliphatic heterocycles.